The molecule has 0 rings (SSSR count). The highest BCUT2D eigenvalue weighted by Crippen LogP contribution is 2.03. The van der Waals surface area contributed by atoms with Gasteiger partial charge in [0, 0.05) is 12.0 Å². The van der Waals surface area contributed by atoms with Gasteiger partial charge in [0.2, 0.25) is 0 Å². The molecule has 0 fully saturated rings. The van der Waals surface area contributed by atoms with E-state index in [9.17, 15) is 9.59 Å². The van der Waals surface area contributed by atoms with Crippen molar-refractivity contribution in [3.8, 4) is 0 Å². The summed E-state index contributed by atoms with van der Waals surface area (Å²) in [6, 6.07) is 0. The first kappa shape index (κ1) is 9.88. The fourth-order valence-corrected chi connectivity index (χ4v) is 0.573. The minimum Gasteiger partial charge on any atom is -0.466 e. The van der Waals surface area contributed by atoms with Crippen LogP contribution in [0.15, 0.2) is 12.2 Å². The molecule has 0 saturated carbocycles. The molecule has 0 saturated heterocycles. The van der Waals surface area contributed by atoms with Gasteiger partial charge in [-0.3, -0.25) is 0 Å². The van der Waals surface area contributed by atoms with Gasteiger partial charge in [0.05, 0.1) is 7.11 Å². The molecule has 0 aromatic heterocycles. The average Bonchev–Trinajstić information content (AvgIpc) is 1.98. The van der Waals surface area contributed by atoms with Crippen molar-refractivity contribution in [2.75, 3.05) is 7.11 Å². The van der Waals surface area contributed by atoms with E-state index in [4.69, 9.17) is 0 Å². The summed E-state index contributed by atoms with van der Waals surface area (Å²) < 4.78 is 4.39. The van der Waals surface area contributed by atoms with Crippen LogP contribution in [0.5, 0.6) is 0 Å². The molecule has 11 heavy (non-hydrogen) atoms. The van der Waals surface area contributed by atoms with Crippen LogP contribution in [-0.4, -0.2) is 18.9 Å². The molecule has 0 radical (unpaired) electrons. The summed E-state index contributed by atoms with van der Waals surface area (Å²) in [5.41, 5.74) is 0.350. The molecule has 0 aromatic rings. The summed E-state index contributed by atoms with van der Waals surface area (Å²) >= 11 is 0. The monoisotopic (exact) mass is 156 g/mol. The molecule has 0 heterocycles. The Kier molecular flexibility index (Phi) is 4.18. The van der Waals surface area contributed by atoms with E-state index in [1.807, 2.05) is 0 Å². The Morgan fingerprint density at radius 2 is 1.91 bits per heavy atom. The van der Waals surface area contributed by atoms with Gasteiger partial charge in [-0.25, -0.2) is 4.79 Å². The predicted molar refractivity (Wildman–Crippen MR) is 41.1 cm³/mol. The van der Waals surface area contributed by atoms with E-state index >= 15 is 0 Å². The van der Waals surface area contributed by atoms with Crippen molar-refractivity contribution in [3.63, 3.8) is 0 Å². The van der Waals surface area contributed by atoms with Crippen molar-refractivity contribution in [2.45, 2.75) is 19.8 Å². The first-order valence-corrected chi connectivity index (χ1v) is 3.33. The Bertz CT molecular complexity index is 182. The standard InChI is InChI=1S/C8H12O3/c1-6(8(10)11-3)4-5-7(2)9/h1,4-5H2,2-3H3. The van der Waals surface area contributed by atoms with Gasteiger partial charge in [-0.05, 0) is 13.3 Å². The Morgan fingerprint density at radius 3 is 2.27 bits per heavy atom. The highest BCUT2D eigenvalue weighted by atomic mass is 16.5. The topological polar surface area (TPSA) is 43.4 Å². The first-order valence-electron chi connectivity index (χ1n) is 3.33. The van der Waals surface area contributed by atoms with Crippen LogP contribution in [0.4, 0.5) is 0 Å². The summed E-state index contributed by atoms with van der Waals surface area (Å²) in [7, 11) is 1.29. The van der Waals surface area contributed by atoms with Crippen LogP contribution in [0.1, 0.15) is 19.8 Å². The van der Waals surface area contributed by atoms with E-state index in [-0.39, 0.29) is 5.78 Å². The third-order valence-corrected chi connectivity index (χ3v) is 1.25. The fourth-order valence-electron chi connectivity index (χ4n) is 0.573. The number of ketones is 1. The number of ether oxygens (including phenoxy) is 1. The second-order valence-corrected chi connectivity index (χ2v) is 2.30. The Morgan fingerprint density at radius 1 is 1.36 bits per heavy atom. The maximum Gasteiger partial charge on any atom is 0.333 e. The number of hydrogen-bond donors (Lipinski definition) is 0. The SMILES string of the molecule is C=C(CCC(C)=O)C(=O)OC. The van der Waals surface area contributed by atoms with Gasteiger partial charge in [-0.2, -0.15) is 0 Å². The van der Waals surface area contributed by atoms with Gasteiger partial charge in [0.1, 0.15) is 5.78 Å². The van der Waals surface area contributed by atoms with E-state index in [1.54, 1.807) is 0 Å². The van der Waals surface area contributed by atoms with Gasteiger partial charge in [-0.15, -0.1) is 0 Å². The summed E-state index contributed by atoms with van der Waals surface area (Å²) in [4.78, 5) is 21.2. The lowest BCUT2D eigenvalue weighted by Gasteiger charge is -1.99. The van der Waals surface area contributed by atoms with E-state index in [1.165, 1.54) is 14.0 Å². The van der Waals surface area contributed by atoms with Crippen LogP contribution in [-0.2, 0) is 14.3 Å². The molecule has 3 nitrogen and oxygen atoms in total. The molecule has 0 aliphatic heterocycles. The number of esters is 1. The second kappa shape index (κ2) is 4.66. The van der Waals surface area contributed by atoms with E-state index in [0.29, 0.717) is 18.4 Å². The molecule has 0 aliphatic carbocycles. The summed E-state index contributed by atoms with van der Waals surface area (Å²) in [5.74, 6) is -0.388. The van der Waals surface area contributed by atoms with Gasteiger partial charge in [0.25, 0.3) is 0 Å². The number of carbonyl (C=O) groups excluding carboxylic acids is 2. The Balaban J connectivity index is 3.70. The molecule has 3 heteroatoms. The second-order valence-electron chi connectivity index (χ2n) is 2.30. The number of methoxy groups -OCH3 is 1. The van der Waals surface area contributed by atoms with Crippen LogP contribution in [0, 0.1) is 0 Å². The van der Waals surface area contributed by atoms with E-state index in [2.05, 4.69) is 11.3 Å². The highest BCUT2D eigenvalue weighted by molar-refractivity contribution is 5.88. The summed E-state index contributed by atoms with van der Waals surface area (Å²) in [6.07, 6.45) is 0.746. The zero-order valence-electron chi connectivity index (χ0n) is 6.85. The summed E-state index contributed by atoms with van der Waals surface area (Å²) in [5, 5.41) is 0. The van der Waals surface area contributed by atoms with Crippen LogP contribution >= 0.6 is 0 Å². The van der Waals surface area contributed by atoms with Crippen molar-refractivity contribution in [3.05, 3.63) is 12.2 Å². The molecule has 0 aromatic carbocycles. The molecular weight excluding hydrogens is 144 g/mol. The van der Waals surface area contributed by atoms with Gasteiger partial charge >= 0.3 is 5.97 Å². The van der Waals surface area contributed by atoms with Crippen LogP contribution < -0.4 is 0 Å². The fraction of sp³-hybridized carbons (Fsp3) is 0.500. The normalized spacial score (nSPS) is 8.91. The quantitative estimate of drug-likeness (QED) is 0.452. The highest BCUT2D eigenvalue weighted by Gasteiger charge is 2.06. The lowest BCUT2D eigenvalue weighted by molar-refractivity contribution is -0.136. The van der Waals surface area contributed by atoms with Crippen LogP contribution in [0.3, 0.4) is 0 Å². The lowest BCUT2D eigenvalue weighted by atomic mass is 10.1. The van der Waals surface area contributed by atoms with Crippen LogP contribution in [0.25, 0.3) is 0 Å². The maximum atomic E-state index is 10.7. The van der Waals surface area contributed by atoms with Gasteiger partial charge < -0.3 is 9.53 Å². The van der Waals surface area contributed by atoms with Crippen molar-refractivity contribution in [1.82, 2.24) is 0 Å². The van der Waals surface area contributed by atoms with Crippen molar-refractivity contribution in [2.24, 2.45) is 0 Å². The van der Waals surface area contributed by atoms with Crippen molar-refractivity contribution in [1.29, 1.82) is 0 Å². The molecule has 0 N–H and O–H groups in total. The Labute approximate surface area is 66.0 Å². The van der Waals surface area contributed by atoms with Gasteiger partial charge in [-0.1, -0.05) is 6.58 Å². The minimum absolute atomic E-state index is 0.0510. The van der Waals surface area contributed by atoms with Crippen molar-refractivity contribution >= 4 is 11.8 Å². The van der Waals surface area contributed by atoms with Crippen LogP contribution in [0.2, 0.25) is 0 Å². The molecule has 0 aliphatic rings. The minimum atomic E-state index is -0.439. The Hall–Kier alpha value is -1.12. The molecule has 0 atom stereocenters. The molecule has 0 unspecified atom stereocenters. The molecular formula is C8H12O3. The third kappa shape index (κ3) is 4.31. The molecule has 62 valence electrons. The molecule has 0 amide bonds. The first-order chi connectivity index (χ1) is 5.07. The predicted octanol–water partition coefficient (Wildman–Crippen LogP) is 1.08. The zero-order valence-corrected chi connectivity index (χ0v) is 6.85. The van der Waals surface area contributed by atoms with Crippen molar-refractivity contribution < 1.29 is 14.3 Å². The summed E-state index contributed by atoms with van der Waals surface area (Å²) in [6.45, 7) is 4.95. The van der Waals surface area contributed by atoms with E-state index < -0.39 is 5.97 Å². The van der Waals surface area contributed by atoms with E-state index in [0.717, 1.165) is 0 Å². The number of carbonyl (C=O) groups is 2. The smallest absolute Gasteiger partial charge is 0.333 e. The largest absolute Gasteiger partial charge is 0.466 e. The number of Topliss-reactive ketones (excluding diaryl/α,β-unsaturated/α-hetero) is 1. The number of hydrogen-bond acceptors (Lipinski definition) is 3. The maximum absolute atomic E-state index is 10.7. The lowest BCUT2D eigenvalue weighted by Crippen LogP contribution is -2.04. The average molecular weight is 156 g/mol. The number of rotatable bonds is 4. The molecule has 0 bridgehead atoms. The molecule has 0 spiro atoms. The zero-order chi connectivity index (χ0) is 8.85. The van der Waals surface area contributed by atoms with Gasteiger partial charge in [0.15, 0.2) is 0 Å². The third-order valence-electron chi connectivity index (χ3n) is 1.25.